The smallest absolute Gasteiger partial charge is 0.748 e. The van der Waals surface area contributed by atoms with E-state index in [-0.39, 0.29) is 116 Å². The third-order valence-corrected chi connectivity index (χ3v) is 16.2. The summed E-state index contributed by atoms with van der Waals surface area (Å²) in [5, 5.41) is 3.29. The fourth-order valence-corrected chi connectivity index (χ4v) is 11.4. The molecule has 0 unspecified atom stereocenters. The first kappa shape index (κ1) is 62.4. The Morgan fingerprint density at radius 1 is 0.756 bits per heavy atom. The number of rotatable bonds is 19. The van der Waals surface area contributed by atoms with Gasteiger partial charge in [0.25, 0.3) is 0 Å². The Kier molecular flexibility index (Phi) is 20.3. The Labute approximate surface area is 505 Å². The second-order valence-electron chi connectivity index (χ2n) is 19.7. The summed E-state index contributed by atoms with van der Waals surface area (Å²) in [5.41, 5.74) is 6.35. The van der Waals surface area contributed by atoms with Crippen LogP contribution in [0.4, 0.5) is 22.9 Å². The van der Waals surface area contributed by atoms with Crippen molar-refractivity contribution in [2.24, 2.45) is 4.99 Å². The number of hydrogen-bond acceptors (Lipinski definition) is 13. The number of halogens is 1. The molecule has 4 heterocycles. The molecule has 0 saturated carbocycles. The Morgan fingerprint density at radius 2 is 1.40 bits per heavy atom. The van der Waals surface area contributed by atoms with Crippen molar-refractivity contribution in [3.05, 3.63) is 172 Å². The molecule has 0 atom stereocenters. The van der Waals surface area contributed by atoms with E-state index in [0.717, 1.165) is 16.7 Å². The maximum atomic E-state index is 13.8. The van der Waals surface area contributed by atoms with Crippen molar-refractivity contribution in [2.45, 2.75) is 82.1 Å². The molecule has 16 nitrogen and oxygen atoms in total. The molecule has 3 aliphatic rings. The number of para-hydroxylation sites is 2. The number of aromatic nitrogens is 1. The van der Waals surface area contributed by atoms with Gasteiger partial charge in [-0.3, -0.25) is 14.5 Å². The van der Waals surface area contributed by atoms with Crippen molar-refractivity contribution in [3.8, 4) is 11.8 Å². The molecule has 0 spiro atoms. The van der Waals surface area contributed by atoms with Gasteiger partial charge in [-0.05, 0) is 121 Å². The van der Waals surface area contributed by atoms with Crippen molar-refractivity contribution < 1.29 is 112 Å². The summed E-state index contributed by atoms with van der Waals surface area (Å²) in [5.74, 6) is 5.18. The minimum absolute atomic E-state index is 0. The summed E-state index contributed by atoms with van der Waals surface area (Å²) in [7, 11) is -13.9. The van der Waals surface area contributed by atoms with Crippen molar-refractivity contribution in [3.63, 3.8) is 0 Å². The molecule has 78 heavy (non-hydrogen) atoms. The summed E-state index contributed by atoms with van der Waals surface area (Å²) >= 11 is 6.57. The minimum Gasteiger partial charge on any atom is -0.748 e. The van der Waals surface area contributed by atoms with Gasteiger partial charge in [0.05, 0.1) is 59.1 Å². The van der Waals surface area contributed by atoms with Crippen LogP contribution in [0.25, 0.3) is 5.57 Å². The van der Waals surface area contributed by atoms with E-state index in [2.05, 4.69) is 17.2 Å². The molecule has 8 rings (SSSR count). The van der Waals surface area contributed by atoms with E-state index in [1.54, 1.807) is 21.7 Å². The summed E-state index contributed by atoms with van der Waals surface area (Å²) in [6.07, 6.45) is 9.47. The zero-order chi connectivity index (χ0) is 54.8. The van der Waals surface area contributed by atoms with Crippen LogP contribution in [0.1, 0.15) is 86.8 Å². The standard InChI is InChI=1S/C56H56ClN5O11S3.2Na/c1-55(2)46-35-43(57)37-60(30-10-32-74(65,66)67)54(46)59-50(55)25-21-39(22-26-51-56(3,4)45-36-44(76(71,72)73)23-24-49(45)61(51)31-11-33-75(68,69)70)42-15-9-12-38(34-42)18-27-52(63)58-29-28-53(64)62-47-16-7-5-13-40(47)19-20-41-14-6-8-17-48(41)62;;/h5-9,12-17,21-26,34-37H,10-11,18,27-33H2,1-4H3,(H3-,58,63,65,66,67,68,69,70,71,72,73);;/q;2*+1/p-2. The molecule has 3 aliphatic heterocycles. The number of carbonyl (C=O) groups excluding carboxylic acids is 2. The van der Waals surface area contributed by atoms with Crippen LogP contribution in [0.3, 0.4) is 0 Å². The first-order valence-corrected chi connectivity index (χ1v) is 29.3. The number of hydrogen-bond donors (Lipinski definition) is 1. The summed E-state index contributed by atoms with van der Waals surface area (Å²) in [6.45, 7) is 7.95. The molecule has 0 bridgehead atoms. The average molecular weight is 1150 g/mol. The van der Waals surface area contributed by atoms with E-state index in [1.165, 1.54) is 18.2 Å². The molecular formula is C56H54ClN5Na2O11S3. The normalized spacial score (nSPS) is 15.7. The number of nitrogens with one attached hydrogen (secondary N) is 1. The van der Waals surface area contributed by atoms with E-state index < -0.39 is 57.6 Å². The molecule has 396 valence electrons. The molecule has 5 aromatic rings. The number of benzene rings is 4. The van der Waals surface area contributed by atoms with E-state index in [0.29, 0.717) is 68.0 Å². The number of anilines is 3. The maximum Gasteiger partial charge on any atom is 1.00 e. The molecule has 2 amide bonds. The van der Waals surface area contributed by atoms with Gasteiger partial charge >= 0.3 is 64.9 Å². The fourth-order valence-electron chi connectivity index (χ4n) is 9.70. The van der Waals surface area contributed by atoms with Crippen LogP contribution in [0.15, 0.2) is 143 Å². The van der Waals surface area contributed by atoms with Gasteiger partial charge in [0, 0.05) is 65.4 Å². The predicted molar refractivity (Wildman–Crippen MR) is 289 cm³/mol. The van der Waals surface area contributed by atoms with Crippen molar-refractivity contribution in [1.82, 2.24) is 5.32 Å². The molecule has 0 aliphatic carbocycles. The summed E-state index contributed by atoms with van der Waals surface area (Å²) in [4.78, 5) is 35.2. The van der Waals surface area contributed by atoms with Gasteiger partial charge in [0.1, 0.15) is 16.3 Å². The van der Waals surface area contributed by atoms with Crippen LogP contribution in [0, 0.1) is 11.8 Å². The van der Waals surface area contributed by atoms with Gasteiger partial charge in [-0.1, -0.05) is 98.0 Å². The van der Waals surface area contributed by atoms with Crippen LogP contribution >= 0.6 is 11.6 Å². The Bertz CT molecular complexity index is 3670. The van der Waals surface area contributed by atoms with Crippen LogP contribution < -0.4 is 78.8 Å². The Hall–Kier alpha value is -4.76. The second kappa shape index (κ2) is 25.4. The number of nitrogens with zero attached hydrogens (tertiary/aromatic N) is 4. The van der Waals surface area contributed by atoms with Gasteiger partial charge < -0.3 is 23.9 Å². The number of amides is 2. The van der Waals surface area contributed by atoms with Gasteiger partial charge in [-0.25, -0.2) is 29.8 Å². The third-order valence-electron chi connectivity index (χ3n) is 13.6. The zero-order valence-electron chi connectivity index (χ0n) is 44.1. The minimum atomic E-state index is -4.85. The SMILES string of the molecule is CC1(C)C(/C=C/C(=C/C=C2/N(CCCS(=O)(=O)[O-])c3ccc(S(=O)(=O)[O-])cc3C2(C)C)c2cccc(CCC(=O)NCCC(=O)N3c4ccccc4C#Cc4ccccc43)c2)=Nc2c1cc(Cl)c[n+]2CCCS(=O)(=O)[O-].[Na+].[Na+]. The summed E-state index contributed by atoms with van der Waals surface area (Å²) in [6, 6.07) is 28.2. The monoisotopic (exact) mass is 1150 g/mol. The third kappa shape index (κ3) is 14.8. The van der Waals surface area contributed by atoms with Gasteiger partial charge in [0.2, 0.25) is 11.8 Å². The number of aliphatic imine (C=N–C) groups is 1. The topological polar surface area (TPSA) is 240 Å². The molecule has 0 fully saturated rings. The van der Waals surface area contributed by atoms with E-state index in [1.807, 2.05) is 130 Å². The first-order valence-electron chi connectivity index (χ1n) is 24.4. The number of allylic oxidation sites excluding steroid dienone is 6. The average Bonchev–Trinajstić information content (AvgIpc) is 3.63. The molecule has 1 aromatic heterocycles. The van der Waals surface area contributed by atoms with Crippen LogP contribution in [0.2, 0.25) is 5.02 Å². The van der Waals surface area contributed by atoms with Gasteiger partial charge in [0.15, 0.2) is 5.71 Å². The molecule has 4 aromatic carbocycles. The van der Waals surface area contributed by atoms with Gasteiger partial charge in [-0.2, -0.15) is 0 Å². The van der Waals surface area contributed by atoms with Crippen LogP contribution in [0.5, 0.6) is 0 Å². The molecule has 0 radical (unpaired) electrons. The van der Waals surface area contributed by atoms with E-state index >= 15 is 0 Å². The maximum absolute atomic E-state index is 13.8. The van der Waals surface area contributed by atoms with Gasteiger partial charge in [-0.15, -0.1) is 0 Å². The Morgan fingerprint density at radius 3 is 2.04 bits per heavy atom. The van der Waals surface area contributed by atoms with Crippen molar-refractivity contribution >= 4 is 87.9 Å². The van der Waals surface area contributed by atoms with Crippen LogP contribution in [-0.2, 0) is 63.7 Å². The van der Waals surface area contributed by atoms with E-state index in [9.17, 15) is 48.5 Å². The zero-order valence-corrected chi connectivity index (χ0v) is 51.3. The first-order chi connectivity index (χ1) is 35.8. The largest absolute Gasteiger partial charge is 1.00 e. The molecular weight excluding hydrogens is 1100 g/mol. The summed E-state index contributed by atoms with van der Waals surface area (Å²) < 4.78 is 108. The van der Waals surface area contributed by atoms with Crippen molar-refractivity contribution in [2.75, 3.05) is 34.4 Å². The number of aryl methyl sites for hydroxylation is 2. The fraction of sp³-hybridized carbons (Fsp3) is 0.286. The number of carbonyl (C=O) groups is 2. The van der Waals surface area contributed by atoms with E-state index in [4.69, 9.17) is 16.6 Å². The number of fused-ring (bicyclic) bond motifs is 4. The number of pyridine rings is 1. The molecule has 22 heteroatoms. The van der Waals surface area contributed by atoms with Crippen LogP contribution in [-0.4, -0.2) is 81.0 Å². The molecule has 1 N–H and O–H groups in total. The Balaban J connectivity index is 0.00000492. The van der Waals surface area contributed by atoms with Crippen molar-refractivity contribution in [1.29, 1.82) is 0 Å². The predicted octanol–water partition coefficient (Wildman–Crippen LogP) is 1.61. The second-order valence-corrected chi connectivity index (χ2v) is 24.5. The quantitative estimate of drug-likeness (QED) is 0.0408. The molecule has 0 saturated heterocycles.